The topological polar surface area (TPSA) is 75.2 Å². The van der Waals surface area contributed by atoms with Gasteiger partial charge in [-0.25, -0.2) is 14.3 Å². The number of nitrogens with one attached hydrogen (secondary N) is 1. The Morgan fingerprint density at radius 3 is 2.27 bits per heavy atom. The summed E-state index contributed by atoms with van der Waals surface area (Å²) in [4.78, 5) is 42.4. The highest BCUT2D eigenvalue weighted by Gasteiger charge is 2.37. The van der Waals surface area contributed by atoms with E-state index < -0.39 is 11.2 Å². The Kier molecular flexibility index (Phi) is 4.00. The summed E-state index contributed by atoms with van der Waals surface area (Å²) in [6.45, 7) is 0. The van der Waals surface area contributed by atoms with E-state index >= 15 is 0 Å². The molecule has 2 aromatic heterocycles. The van der Waals surface area contributed by atoms with Crippen molar-refractivity contribution >= 4 is 40.0 Å². The number of pyridine rings is 1. The van der Waals surface area contributed by atoms with E-state index in [1.807, 2.05) is 12.1 Å². The predicted octanol–water partition coefficient (Wildman–Crippen LogP) is 3.24. The van der Waals surface area contributed by atoms with Gasteiger partial charge in [-0.05, 0) is 24.3 Å². The van der Waals surface area contributed by atoms with Gasteiger partial charge in [-0.2, -0.15) is 4.57 Å². The fraction of sp³-hybridized carbons (Fsp3) is 0.0909. The zero-order chi connectivity index (χ0) is 21.3. The second-order valence-electron chi connectivity index (χ2n) is 7.18. The Morgan fingerprint density at radius 1 is 0.833 bits per heavy atom. The summed E-state index contributed by atoms with van der Waals surface area (Å²) in [5.74, 6) is -0.222. The molecule has 1 aliphatic carbocycles. The minimum Gasteiger partial charge on any atom is -0.288 e. The molecule has 5 rings (SSSR count). The molecule has 0 bridgehead atoms. The molecule has 1 N–H and O–H groups in total. The first-order valence-corrected chi connectivity index (χ1v) is 9.85. The van der Waals surface area contributed by atoms with Crippen molar-refractivity contribution < 1.29 is 9.78 Å². The summed E-state index contributed by atoms with van der Waals surface area (Å²) in [5.41, 5.74) is 2.21. The number of ketones is 1. The fourth-order valence-electron chi connectivity index (χ4n) is 4.07. The number of halogens is 2. The molecule has 2 heterocycles. The SMILES string of the molecule is Cn1c(=O)c2c(-c3cc(Cl)ccc3Cl)c3c([nH+]c2n(C)c1=O)-c1ccccc1C3=O. The number of hydrogen-bond donors (Lipinski definition) is 0. The van der Waals surface area contributed by atoms with Crippen LogP contribution in [-0.2, 0) is 14.1 Å². The minimum absolute atomic E-state index is 0.198. The van der Waals surface area contributed by atoms with Gasteiger partial charge in [-0.3, -0.25) is 9.59 Å². The minimum atomic E-state index is -0.526. The number of rotatable bonds is 1. The number of fused-ring (bicyclic) bond motifs is 4. The lowest BCUT2D eigenvalue weighted by molar-refractivity contribution is -0.336. The molecular formula is C22H14Cl2N3O3+. The van der Waals surface area contributed by atoms with Crippen LogP contribution in [0, 0.1) is 0 Å². The molecule has 0 atom stereocenters. The maximum Gasteiger partial charge on any atom is 0.417 e. The van der Waals surface area contributed by atoms with Gasteiger partial charge in [0.15, 0.2) is 5.78 Å². The molecule has 0 radical (unpaired) electrons. The van der Waals surface area contributed by atoms with Gasteiger partial charge in [0.05, 0.1) is 12.6 Å². The molecule has 30 heavy (non-hydrogen) atoms. The quantitative estimate of drug-likeness (QED) is 0.403. The summed E-state index contributed by atoms with van der Waals surface area (Å²) < 4.78 is 2.36. The van der Waals surface area contributed by atoms with Crippen LogP contribution in [0.25, 0.3) is 33.4 Å². The molecule has 1 aliphatic rings. The smallest absolute Gasteiger partial charge is 0.288 e. The largest absolute Gasteiger partial charge is 0.417 e. The zero-order valence-corrected chi connectivity index (χ0v) is 17.4. The number of carbonyl (C=O) groups is 1. The maximum absolute atomic E-state index is 13.4. The molecule has 6 nitrogen and oxygen atoms in total. The Hall–Kier alpha value is -3.22. The van der Waals surface area contributed by atoms with Crippen molar-refractivity contribution in [3.05, 3.63) is 84.5 Å². The van der Waals surface area contributed by atoms with Crippen molar-refractivity contribution in [2.75, 3.05) is 0 Å². The lowest BCUT2D eigenvalue weighted by atomic mass is 9.95. The van der Waals surface area contributed by atoms with Crippen LogP contribution in [0.3, 0.4) is 0 Å². The van der Waals surface area contributed by atoms with Gasteiger partial charge in [0.1, 0.15) is 11.1 Å². The predicted molar refractivity (Wildman–Crippen MR) is 115 cm³/mol. The van der Waals surface area contributed by atoms with Gasteiger partial charge in [0.2, 0.25) is 0 Å². The number of aryl methyl sites for hydroxylation is 1. The van der Waals surface area contributed by atoms with E-state index in [2.05, 4.69) is 4.98 Å². The van der Waals surface area contributed by atoms with Crippen LogP contribution in [0.5, 0.6) is 0 Å². The van der Waals surface area contributed by atoms with E-state index in [4.69, 9.17) is 23.2 Å². The van der Waals surface area contributed by atoms with Crippen molar-refractivity contribution in [1.29, 1.82) is 0 Å². The molecule has 0 saturated heterocycles. The van der Waals surface area contributed by atoms with Crippen molar-refractivity contribution in [3.63, 3.8) is 0 Å². The average molecular weight is 439 g/mol. The highest BCUT2D eigenvalue weighted by molar-refractivity contribution is 6.36. The molecule has 0 fully saturated rings. The van der Waals surface area contributed by atoms with Crippen LogP contribution < -0.4 is 16.2 Å². The zero-order valence-electron chi connectivity index (χ0n) is 15.9. The third-order valence-electron chi connectivity index (χ3n) is 5.52. The highest BCUT2D eigenvalue weighted by atomic mass is 35.5. The second kappa shape index (κ2) is 6.39. The van der Waals surface area contributed by atoms with Crippen LogP contribution >= 0.6 is 23.2 Å². The second-order valence-corrected chi connectivity index (χ2v) is 8.02. The number of H-pyrrole nitrogens is 1. The monoisotopic (exact) mass is 438 g/mol. The molecule has 0 spiro atoms. The van der Waals surface area contributed by atoms with E-state index in [0.29, 0.717) is 49.2 Å². The standard InChI is InChI=1S/C22H13Cl2N3O3/c1-26-20-17(21(29)27(2)22(26)30)15(13-9-10(23)7-8-14(13)24)16-18(25-20)11-5-3-4-6-12(11)19(16)28/h3-9H,1-2H3/p+1. The summed E-state index contributed by atoms with van der Waals surface area (Å²) >= 11 is 12.7. The van der Waals surface area contributed by atoms with E-state index in [-0.39, 0.29) is 11.2 Å². The molecule has 0 unspecified atom stereocenters. The molecule has 0 saturated carbocycles. The van der Waals surface area contributed by atoms with E-state index in [1.165, 1.54) is 11.6 Å². The number of aromatic amines is 1. The Balaban J connectivity index is 2.11. The first kappa shape index (κ1) is 18.8. The van der Waals surface area contributed by atoms with Crippen molar-refractivity contribution in [3.8, 4) is 22.4 Å². The molecule has 148 valence electrons. The third kappa shape index (κ3) is 2.38. The highest BCUT2D eigenvalue weighted by Crippen LogP contribution is 2.43. The molecule has 4 aromatic rings. The first-order valence-electron chi connectivity index (χ1n) is 9.09. The molecular weight excluding hydrogens is 425 g/mol. The van der Waals surface area contributed by atoms with Crippen LogP contribution in [0.1, 0.15) is 15.9 Å². The number of carbonyl (C=O) groups excluding carboxylic acids is 1. The number of nitrogens with zero attached hydrogens (tertiary/aromatic N) is 2. The van der Waals surface area contributed by atoms with Gasteiger partial charge in [-0.15, -0.1) is 0 Å². The normalized spacial score (nSPS) is 12.3. The van der Waals surface area contributed by atoms with Crippen LogP contribution in [0.2, 0.25) is 10.0 Å². The van der Waals surface area contributed by atoms with Gasteiger partial charge < -0.3 is 0 Å². The summed E-state index contributed by atoms with van der Waals surface area (Å²) in [6.07, 6.45) is 0. The van der Waals surface area contributed by atoms with E-state index in [1.54, 1.807) is 37.4 Å². The van der Waals surface area contributed by atoms with Gasteiger partial charge in [0.25, 0.3) is 11.2 Å². The number of benzene rings is 2. The van der Waals surface area contributed by atoms with Crippen molar-refractivity contribution in [1.82, 2.24) is 9.13 Å². The van der Waals surface area contributed by atoms with Crippen LogP contribution in [-0.4, -0.2) is 14.9 Å². The fourth-order valence-corrected chi connectivity index (χ4v) is 4.45. The van der Waals surface area contributed by atoms with Gasteiger partial charge in [0, 0.05) is 39.3 Å². The lowest BCUT2D eigenvalue weighted by Gasteiger charge is -2.12. The summed E-state index contributed by atoms with van der Waals surface area (Å²) in [6, 6.07) is 12.0. The summed E-state index contributed by atoms with van der Waals surface area (Å²) in [7, 11) is 2.97. The maximum atomic E-state index is 13.4. The lowest BCUT2D eigenvalue weighted by Crippen LogP contribution is -2.40. The van der Waals surface area contributed by atoms with Gasteiger partial charge >= 0.3 is 5.69 Å². The Bertz CT molecular complexity index is 1550. The van der Waals surface area contributed by atoms with Gasteiger partial charge in [-0.1, -0.05) is 41.4 Å². The molecule has 0 amide bonds. The van der Waals surface area contributed by atoms with Crippen molar-refractivity contribution in [2.24, 2.45) is 14.1 Å². The number of hydrogen-bond acceptors (Lipinski definition) is 3. The molecule has 0 aliphatic heterocycles. The van der Waals surface area contributed by atoms with Crippen LogP contribution in [0.4, 0.5) is 0 Å². The molecule has 8 heteroatoms. The van der Waals surface area contributed by atoms with Crippen LogP contribution in [0.15, 0.2) is 52.1 Å². The average Bonchev–Trinajstić information content (AvgIpc) is 3.03. The van der Waals surface area contributed by atoms with E-state index in [0.717, 1.165) is 4.57 Å². The Labute approximate surface area is 179 Å². The first-order chi connectivity index (χ1) is 14.3. The van der Waals surface area contributed by atoms with E-state index in [9.17, 15) is 14.4 Å². The summed E-state index contributed by atoms with van der Waals surface area (Å²) in [5, 5.41) is 0.950. The molecule has 2 aromatic carbocycles. The third-order valence-corrected chi connectivity index (χ3v) is 6.09. The Morgan fingerprint density at radius 2 is 1.53 bits per heavy atom. The number of aromatic nitrogens is 3. The van der Waals surface area contributed by atoms with Crippen molar-refractivity contribution in [2.45, 2.75) is 0 Å².